The summed E-state index contributed by atoms with van der Waals surface area (Å²) in [6, 6.07) is 6.36. The van der Waals surface area contributed by atoms with Gasteiger partial charge in [-0.2, -0.15) is 0 Å². The fourth-order valence-electron chi connectivity index (χ4n) is 5.50. The average Bonchev–Trinajstić information content (AvgIpc) is 2.92. The van der Waals surface area contributed by atoms with Gasteiger partial charge in [0.05, 0.1) is 19.0 Å². The number of nitrogens with zero attached hydrogens (tertiary/aromatic N) is 2. The Bertz CT molecular complexity index is 1320. The van der Waals surface area contributed by atoms with E-state index in [-0.39, 0.29) is 26.0 Å². The number of fused-ring (bicyclic) bond motifs is 1. The van der Waals surface area contributed by atoms with Crippen molar-refractivity contribution in [2.75, 3.05) is 33.4 Å². The molecule has 0 unspecified atom stereocenters. The summed E-state index contributed by atoms with van der Waals surface area (Å²) < 4.78 is 67.2. The Morgan fingerprint density at radius 3 is 2.50 bits per heavy atom. The number of piperidine rings is 1. The minimum atomic E-state index is -1.38. The van der Waals surface area contributed by atoms with Crippen LogP contribution in [0.15, 0.2) is 36.5 Å². The van der Waals surface area contributed by atoms with Crippen LogP contribution in [-0.2, 0) is 11.3 Å². The first-order valence-corrected chi connectivity index (χ1v) is 13.2. The molecule has 1 fully saturated rings. The maximum Gasteiger partial charge on any atom is 0.303 e. The number of likely N-dealkylation sites (tertiary alicyclic amines) is 1. The molecule has 0 spiro atoms. The summed E-state index contributed by atoms with van der Waals surface area (Å²) in [4.78, 5) is 18.2. The monoisotopic (exact) mass is 563 g/mol. The second-order valence-electron chi connectivity index (χ2n) is 10.2. The molecule has 11 heteroatoms. The van der Waals surface area contributed by atoms with E-state index in [1.165, 1.54) is 7.11 Å². The van der Waals surface area contributed by atoms with Crippen LogP contribution in [0.25, 0.3) is 10.9 Å². The predicted octanol–water partition coefficient (Wildman–Crippen LogP) is 5.55. The number of pyridine rings is 1. The van der Waals surface area contributed by atoms with Crippen LogP contribution in [-0.4, -0.2) is 54.3 Å². The number of benzene rings is 2. The molecular formula is C29H33F4N3O4. The summed E-state index contributed by atoms with van der Waals surface area (Å²) in [6.07, 6.45) is 1.60. The summed E-state index contributed by atoms with van der Waals surface area (Å²) in [5, 5.41) is 10.3. The predicted molar refractivity (Wildman–Crippen MR) is 141 cm³/mol. The van der Waals surface area contributed by atoms with Gasteiger partial charge < -0.3 is 20.3 Å². The molecule has 0 saturated carbocycles. The highest BCUT2D eigenvalue weighted by Gasteiger charge is 2.37. The zero-order valence-electron chi connectivity index (χ0n) is 22.3. The zero-order chi connectivity index (χ0) is 28.9. The number of carboxylic acid groups (broad SMARTS) is 1. The van der Waals surface area contributed by atoms with E-state index in [0.29, 0.717) is 78.8 Å². The van der Waals surface area contributed by atoms with Crippen LogP contribution in [0.5, 0.6) is 11.5 Å². The van der Waals surface area contributed by atoms with Gasteiger partial charge >= 0.3 is 5.97 Å². The van der Waals surface area contributed by atoms with Crippen molar-refractivity contribution in [2.45, 2.75) is 44.8 Å². The summed E-state index contributed by atoms with van der Waals surface area (Å²) in [5.41, 5.74) is 6.96. The van der Waals surface area contributed by atoms with E-state index >= 15 is 4.39 Å². The van der Waals surface area contributed by atoms with E-state index < -0.39 is 40.8 Å². The first-order valence-electron chi connectivity index (χ1n) is 13.2. The van der Waals surface area contributed by atoms with Crippen LogP contribution in [0, 0.1) is 22.9 Å². The number of hydrogen-bond donors (Lipinski definition) is 2. The Labute approximate surface area is 229 Å². The number of hydrogen-bond acceptors (Lipinski definition) is 6. The van der Waals surface area contributed by atoms with Gasteiger partial charge in [-0.3, -0.25) is 14.7 Å². The number of rotatable bonds is 12. The summed E-state index contributed by atoms with van der Waals surface area (Å²) in [6.45, 7) is 1.46. The molecule has 1 atom stereocenters. The van der Waals surface area contributed by atoms with Crippen LogP contribution < -0.4 is 15.2 Å². The molecule has 0 aliphatic carbocycles. The Morgan fingerprint density at radius 2 is 1.88 bits per heavy atom. The lowest BCUT2D eigenvalue weighted by Crippen LogP contribution is -2.42. The third-order valence-corrected chi connectivity index (χ3v) is 7.72. The summed E-state index contributed by atoms with van der Waals surface area (Å²) in [5.74, 6) is -4.27. The fourth-order valence-corrected chi connectivity index (χ4v) is 5.50. The molecule has 216 valence electrons. The van der Waals surface area contributed by atoms with Gasteiger partial charge in [-0.25, -0.2) is 17.6 Å². The second-order valence-corrected chi connectivity index (χ2v) is 10.2. The standard InChI is InChI=1S/C29H33F4N3O4/c1-39-20-2-3-25-21(14-20)27(18(16-34)17-35-25)22(31)4-5-29(15-26(37)38)6-8-36(9-7-29)10-11-40-28-23(32)12-19(30)13-24(28)33/h2-3,12-14,17,22H,4-11,15-16,34H2,1H3,(H,37,38)/t22-/m1/s1. The smallest absolute Gasteiger partial charge is 0.303 e. The molecule has 4 rings (SSSR count). The van der Waals surface area contributed by atoms with Crippen molar-refractivity contribution in [3.63, 3.8) is 0 Å². The number of ether oxygens (including phenoxy) is 2. The molecule has 1 aliphatic rings. The quantitative estimate of drug-likeness (QED) is 0.279. The van der Waals surface area contributed by atoms with Crippen LogP contribution >= 0.6 is 0 Å². The zero-order valence-corrected chi connectivity index (χ0v) is 22.3. The molecule has 2 aromatic carbocycles. The van der Waals surface area contributed by atoms with Gasteiger partial charge in [-0.15, -0.1) is 0 Å². The first-order chi connectivity index (χ1) is 19.1. The maximum absolute atomic E-state index is 15.9. The van der Waals surface area contributed by atoms with E-state index in [2.05, 4.69) is 4.98 Å². The summed E-state index contributed by atoms with van der Waals surface area (Å²) >= 11 is 0. The molecule has 0 bridgehead atoms. The van der Waals surface area contributed by atoms with E-state index in [1.807, 2.05) is 4.90 Å². The Kier molecular flexibility index (Phi) is 9.47. The minimum Gasteiger partial charge on any atom is -0.497 e. The highest BCUT2D eigenvalue weighted by atomic mass is 19.1. The first kappa shape index (κ1) is 29.5. The molecule has 1 aliphatic heterocycles. The van der Waals surface area contributed by atoms with Gasteiger partial charge in [0, 0.05) is 42.4 Å². The maximum atomic E-state index is 15.9. The van der Waals surface area contributed by atoms with E-state index in [4.69, 9.17) is 15.2 Å². The Hall–Kier alpha value is -3.44. The molecule has 3 aromatic rings. The number of alkyl halides is 1. The molecule has 1 aromatic heterocycles. The van der Waals surface area contributed by atoms with E-state index in [1.54, 1.807) is 24.4 Å². The normalized spacial score (nSPS) is 16.1. The van der Waals surface area contributed by atoms with Gasteiger partial charge in [0.25, 0.3) is 0 Å². The second kappa shape index (κ2) is 12.8. The number of methoxy groups -OCH3 is 1. The molecule has 2 heterocycles. The molecule has 40 heavy (non-hydrogen) atoms. The van der Waals surface area contributed by atoms with Crippen molar-refractivity contribution in [3.8, 4) is 11.5 Å². The number of carboxylic acids is 1. The van der Waals surface area contributed by atoms with Gasteiger partial charge in [0.2, 0.25) is 0 Å². The van der Waals surface area contributed by atoms with Crippen LogP contribution in [0.1, 0.15) is 49.4 Å². The largest absolute Gasteiger partial charge is 0.497 e. The van der Waals surface area contributed by atoms with Crippen LogP contribution in [0.4, 0.5) is 17.6 Å². The van der Waals surface area contributed by atoms with Gasteiger partial charge in [-0.05, 0) is 68.0 Å². The topological polar surface area (TPSA) is 97.9 Å². The molecule has 3 N–H and O–H groups in total. The molecular weight excluding hydrogens is 530 g/mol. The van der Waals surface area contributed by atoms with Crippen molar-refractivity contribution in [3.05, 3.63) is 65.1 Å². The number of halogens is 4. The Morgan fingerprint density at radius 1 is 1.18 bits per heavy atom. The fraction of sp³-hybridized carbons (Fsp3) is 0.448. The Balaban J connectivity index is 1.41. The highest BCUT2D eigenvalue weighted by Crippen LogP contribution is 2.43. The van der Waals surface area contributed by atoms with Gasteiger partial charge in [0.1, 0.15) is 24.3 Å². The lowest BCUT2D eigenvalue weighted by Gasteiger charge is -2.41. The average molecular weight is 564 g/mol. The van der Waals surface area contributed by atoms with Gasteiger partial charge in [0.15, 0.2) is 17.4 Å². The minimum absolute atomic E-state index is 0.0294. The summed E-state index contributed by atoms with van der Waals surface area (Å²) in [7, 11) is 1.53. The van der Waals surface area contributed by atoms with Crippen LogP contribution in [0.2, 0.25) is 0 Å². The number of aliphatic carboxylic acids is 1. The van der Waals surface area contributed by atoms with Crippen molar-refractivity contribution < 1.29 is 36.9 Å². The number of carbonyl (C=O) groups is 1. The lowest BCUT2D eigenvalue weighted by atomic mass is 9.71. The van der Waals surface area contributed by atoms with Gasteiger partial charge in [-0.1, -0.05) is 0 Å². The highest BCUT2D eigenvalue weighted by molar-refractivity contribution is 5.85. The van der Waals surface area contributed by atoms with E-state index in [0.717, 1.165) is 0 Å². The van der Waals surface area contributed by atoms with Crippen LogP contribution in [0.3, 0.4) is 0 Å². The van der Waals surface area contributed by atoms with E-state index in [9.17, 15) is 23.1 Å². The number of aromatic nitrogens is 1. The SMILES string of the molecule is COc1ccc2ncc(CN)c([C@H](F)CCC3(CC(=O)O)CCN(CCOc4c(F)cc(F)cc4F)CC3)c2c1. The number of nitrogens with two attached hydrogens (primary N) is 1. The molecule has 1 saturated heterocycles. The molecule has 0 radical (unpaired) electrons. The molecule has 7 nitrogen and oxygen atoms in total. The third kappa shape index (κ3) is 6.82. The van der Waals surface area contributed by atoms with Crippen molar-refractivity contribution in [1.82, 2.24) is 9.88 Å². The third-order valence-electron chi connectivity index (χ3n) is 7.72. The van der Waals surface area contributed by atoms with Crippen molar-refractivity contribution in [2.24, 2.45) is 11.1 Å². The molecule has 0 amide bonds. The van der Waals surface area contributed by atoms with Crippen molar-refractivity contribution in [1.29, 1.82) is 0 Å². The van der Waals surface area contributed by atoms with Crippen molar-refractivity contribution >= 4 is 16.9 Å². The lowest BCUT2D eigenvalue weighted by molar-refractivity contribution is -0.141.